The van der Waals surface area contributed by atoms with Gasteiger partial charge in [0.15, 0.2) is 0 Å². The summed E-state index contributed by atoms with van der Waals surface area (Å²) < 4.78 is 0. The Morgan fingerprint density at radius 1 is 1.08 bits per heavy atom. The maximum absolute atomic E-state index is 12.7. The van der Waals surface area contributed by atoms with Gasteiger partial charge in [-0.25, -0.2) is 5.01 Å². The molecule has 2 amide bonds. The van der Waals surface area contributed by atoms with E-state index in [1.165, 1.54) is 17.9 Å². The summed E-state index contributed by atoms with van der Waals surface area (Å²) in [7, 11) is 0. The molecule has 4 rings (SSSR count). The lowest BCUT2D eigenvalue weighted by Gasteiger charge is -2.32. The van der Waals surface area contributed by atoms with Gasteiger partial charge in [-0.15, -0.1) is 0 Å². The minimum atomic E-state index is -0.120. The van der Waals surface area contributed by atoms with E-state index in [4.69, 9.17) is 0 Å². The zero-order valence-corrected chi connectivity index (χ0v) is 14.4. The summed E-state index contributed by atoms with van der Waals surface area (Å²) in [5, 5.41) is 8.90. The maximum Gasteiger partial charge on any atom is 0.267 e. The molecule has 25 heavy (non-hydrogen) atoms. The normalized spacial score (nSPS) is 27.0. The second kappa shape index (κ2) is 6.96. The lowest BCUT2D eigenvalue weighted by molar-refractivity contribution is -0.119. The number of rotatable bonds is 3. The highest BCUT2D eigenvalue weighted by Gasteiger charge is 2.37. The number of hydrogen-bond acceptors (Lipinski definition) is 4. The van der Waals surface area contributed by atoms with Crippen molar-refractivity contribution in [1.82, 2.24) is 10.2 Å². The summed E-state index contributed by atoms with van der Waals surface area (Å²) in [5.41, 5.74) is 1.16. The molecule has 2 saturated heterocycles. The van der Waals surface area contributed by atoms with Gasteiger partial charge >= 0.3 is 0 Å². The topological polar surface area (TPSA) is 65.0 Å². The lowest BCUT2D eigenvalue weighted by atomic mass is 9.98. The fourth-order valence-corrected chi connectivity index (χ4v) is 4.15. The van der Waals surface area contributed by atoms with Crippen LogP contribution in [0.3, 0.4) is 0 Å². The van der Waals surface area contributed by atoms with Crippen LogP contribution in [-0.4, -0.2) is 47.6 Å². The Morgan fingerprint density at radius 2 is 1.92 bits per heavy atom. The van der Waals surface area contributed by atoms with E-state index in [0.29, 0.717) is 30.3 Å². The Hall–Kier alpha value is -2.21. The van der Waals surface area contributed by atoms with Crippen molar-refractivity contribution in [2.24, 2.45) is 5.10 Å². The van der Waals surface area contributed by atoms with Crippen molar-refractivity contribution in [2.45, 2.75) is 50.6 Å². The summed E-state index contributed by atoms with van der Waals surface area (Å²) in [6, 6.07) is 9.96. The van der Waals surface area contributed by atoms with Crippen LogP contribution in [0, 0.1) is 0 Å². The molecule has 6 heteroatoms. The highest BCUT2D eigenvalue weighted by Crippen LogP contribution is 2.27. The molecule has 0 unspecified atom stereocenters. The first-order valence-corrected chi connectivity index (χ1v) is 9.23. The predicted octanol–water partition coefficient (Wildman–Crippen LogP) is 1.91. The average molecular weight is 340 g/mol. The summed E-state index contributed by atoms with van der Waals surface area (Å²) >= 11 is 0. The molecule has 132 valence electrons. The first kappa shape index (κ1) is 16.3. The third-order valence-electron chi connectivity index (χ3n) is 5.47. The standard InChI is InChI=1S/C19H24N4O2/c24-18-10-9-16(21-23(18)14-6-2-1-3-7-14)19(25)20-15-11-13-22-12-5-4-8-17(15)22/h1-3,6-7,15,17H,4-5,8-13H2,(H,20,25)/t15-,17-/m0/s1. The average Bonchev–Trinajstić information content (AvgIpc) is 3.06. The number of nitrogens with zero attached hydrogens (tertiary/aromatic N) is 3. The molecule has 6 nitrogen and oxygen atoms in total. The van der Waals surface area contributed by atoms with Crippen LogP contribution in [0.25, 0.3) is 0 Å². The van der Waals surface area contributed by atoms with Crippen LogP contribution < -0.4 is 10.3 Å². The second-order valence-electron chi connectivity index (χ2n) is 7.06. The van der Waals surface area contributed by atoms with Crippen LogP contribution in [0.1, 0.15) is 38.5 Å². The van der Waals surface area contributed by atoms with Gasteiger partial charge in [0.1, 0.15) is 5.71 Å². The fraction of sp³-hybridized carbons (Fsp3) is 0.526. The number of anilines is 1. The number of para-hydroxylation sites is 1. The molecular formula is C19H24N4O2. The number of carbonyl (C=O) groups is 2. The van der Waals surface area contributed by atoms with Crippen molar-refractivity contribution in [1.29, 1.82) is 0 Å². The lowest BCUT2D eigenvalue weighted by Crippen LogP contribution is -2.49. The summed E-state index contributed by atoms with van der Waals surface area (Å²) in [6.07, 6.45) is 5.40. The Morgan fingerprint density at radius 3 is 2.76 bits per heavy atom. The van der Waals surface area contributed by atoms with Crippen LogP contribution in [0.4, 0.5) is 5.69 Å². The molecule has 2 fully saturated rings. The molecule has 0 saturated carbocycles. The first-order chi connectivity index (χ1) is 12.2. The quantitative estimate of drug-likeness (QED) is 0.914. The minimum Gasteiger partial charge on any atom is -0.347 e. The number of carbonyl (C=O) groups excluding carboxylic acids is 2. The van der Waals surface area contributed by atoms with Crippen LogP contribution in [0.2, 0.25) is 0 Å². The van der Waals surface area contributed by atoms with Gasteiger partial charge in [-0.1, -0.05) is 24.6 Å². The maximum atomic E-state index is 12.7. The van der Waals surface area contributed by atoms with Crippen molar-refractivity contribution in [3.05, 3.63) is 30.3 Å². The molecule has 3 aliphatic heterocycles. The third-order valence-corrected chi connectivity index (χ3v) is 5.47. The predicted molar refractivity (Wildman–Crippen MR) is 96.4 cm³/mol. The van der Waals surface area contributed by atoms with Crippen LogP contribution >= 0.6 is 0 Å². The van der Waals surface area contributed by atoms with Gasteiger partial charge in [0.05, 0.1) is 5.69 Å². The van der Waals surface area contributed by atoms with E-state index >= 15 is 0 Å². The van der Waals surface area contributed by atoms with E-state index in [1.807, 2.05) is 30.3 Å². The molecule has 0 aliphatic carbocycles. The van der Waals surface area contributed by atoms with Crippen molar-refractivity contribution in [3.63, 3.8) is 0 Å². The second-order valence-corrected chi connectivity index (χ2v) is 7.06. The van der Waals surface area contributed by atoms with Crippen molar-refractivity contribution >= 4 is 23.2 Å². The number of nitrogens with one attached hydrogen (secondary N) is 1. The minimum absolute atomic E-state index is 0.0675. The fourth-order valence-electron chi connectivity index (χ4n) is 4.15. The van der Waals surface area contributed by atoms with Crippen molar-refractivity contribution < 1.29 is 9.59 Å². The molecular weight excluding hydrogens is 316 g/mol. The molecule has 1 N–H and O–H groups in total. The van der Waals surface area contributed by atoms with Gasteiger partial charge in [-0.2, -0.15) is 5.10 Å². The Bertz CT molecular complexity index is 688. The number of amides is 2. The van der Waals surface area contributed by atoms with E-state index in [-0.39, 0.29) is 17.9 Å². The smallest absolute Gasteiger partial charge is 0.267 e. The molecule has 0 spiro atoms. The Kier molecular flexibility index (Phi) is 4.53. The van der Waals surface area contributed by atoms with E-state index < -0.39 is 0 Å². The van der Waals surface area contributed by atoms with E-state index in [9.17, 15) is 9.59 Å². The molecule has 1 aromatic carbocycles. The van der Waals surface area contributed by atoms with Crippen LogP contribution in [0.15, 0.2) is 35.4 Å². The summed E-state index contributed by atoms with van der Waals surface area (Å²) in [5.74, 6) is -0.187. The largest absolute Gasteiger partial charge is 0.347 e. The number of hydrazone groups is 1. The SMILES string of the molecule is O=C(N[C@H]1CCN2CCCC[C@@H]12)C1=NN(c2ccccc2)C(=O)CC1. The Balaban J connectivity index is 1.47. The number of piperidine rings is 1. The van der Waals surface area contributed by atoms with Gasteiger partial charge < -0.3 is 5.32 Å². The van der Waals surface area contributed by atoms with Gasteiger partial charge in [0.2, 0.25) is 5.91 Å². The van der Waals surface area contributed by atoms with Crippen LogP contribution in [0.5, 0.6) is 0 Å². The van der Waals surface area contributed by atoms with Gasteiger partial charge in [0, 0.05) is 31.5 Å². The Labute approximate surface area is 147 Å². The van der Waals surface area contributed by atoms with Gasteiger partial charge in [-0.05, 0) is 37.9 Å². The first-order valence-electron chi connectivity index (χ1n) is 9.23. The summed E-state index contributed by atoms with van der Waals surface area (Å²) in [4.78, 5) is 27.4. The number of fused-ring (bicyclic) bond motifs is 1. The van der Waals surface area contributed by atoms with Crippen molar-refractivity contribution in [2.75, 3.05) is 18.1 Å². The molecule has 1 aromatic rings. The molecule has 3 aliphatic rings. The number of hydrogen-bond donors (Lipinski definition) is 1. The summed E-state index contributed by atoms with van der Waals surface area (Å²) in [6.45, 7) is 2.21. The highest BCUT2D eigenvalue weighted by atomic mass is 16.2. The van der Waals surface area contributed by atoms with E-state index in [1.54, 1.807) is 0 Å². The molecule has 0 radical (unpaired) electrons. The molecule has 3 heterocycles. The van der Waals surface area contributed by atoms with Crippen LogP contribution in [-0.2, 0) is 9.59 Å². The van der Waals surface area contributed by atoms with Gasteiger partial charge in [-0.3, -0.25) is 14.5 Å². The highest BCUT2D eigenvalue weighted by molar-refractivity contribution is 6.40. The van der Waals surface area contributed by atoms with E-state index in [2.05, 4.69) is 15.3 Å². The molecule has 0 bridgehead atoms. The third kappa shape index (κ3) is 3.31. The van der Waals surface area contributed by atoms with Gasteiger partial charge in [0.25, 0.3) is 5.91 Å². The zero-order chi connectivity index (χ0) is 17.2. The van der Waals surface area contributed by atoms with Crippen molar-refractivity contribution in [3.8, 4) is 0 Å². The van der Waals surface area contributed by atoms with E-state index in [0.717, 1.165) is 25.9 Å². The number of benzene rings is 1. The molecule has 2 atom stereocenters. The monoisotopic (exact) mass is 340 g/mol. The zero-order valence-electron chi connectivity index (χ0n) is 14.4. The molecule has 0 aromatic heterocycles.